The van der Waals surface area contributed by atoms with Crippen LogP contribution < -0.4 is 10.6 Å². The van der Waals surface area contributed by atoms with E-state index in [4.69, 9.17) is 4.74 Å². The second kappa shape index (κ2) is 13.8. The highest BCUT2D eigenvalue weighted by Crippen LogP contribution is 2.32. The number of aryl methyl sites for hydroxylation is 1. The lowest BCUT2D eigenvalue weighted by molar-refractivity contribution is -0.143. The summed E-state index contributed by atoms with van der Waals surface area (Å²) in [4.78, 5) is 40.4. The number of aliphatic hydroxyl groups is 1. The van der Waals surface area contributed by atoms with Gasteiger partial charge in [-0.3, -0.25) is 9.59 Å². The molecule has 0 aliphatic carbocycles. The van der Waals surface area contributed by atoms with Crippen LogP contribution in [-0.4, -0.2) is 64.4 Å². The van der Waals surface area contributed by atoms with Crippen molar-refractivity contribution in [2.45, 2.75) is 84.9 Å². The van der Waals surface area contributed by atoms with E-state index >= 15 is 0 Å². The van der Waals surface area contributed by atoms with E-state index in [1.54, 1.807) is 45.9 Å². The molecule has 4 N–H and O–H groups in total. The number of alkyl carbamates (subject to hydrolysis) is 1. The fourth-order valence-corrected chi connectivity index (χ4v) is 3.48. The molecule has 0 saturated carbocycles. The zero-order valence-electron chi connectivity index (χ0n) is 21.3. The Balaban J connectivity index is 3.33. The molecule has 2 atom stereocenters. The normalized spacial score (nSPS) is 13.0. The number of phenolic OH excluding ortho intramolecular Hbond substituents is 1. The first-order valence-corrected chi connectivity index (χ1v) is 11.9. The van der Waals surface area contributed by atoms with Crippen LogP contribution in [0.4, 0.5) is 4.79 Å². The Hall–Kier alpha value is -2.81. The van der Waals surface area contributed by atoms with E-state index in [2.05, 4.69) is 17.6 Å². The Labute approximate surface area is 202 Å². The molecule has 2 unspecified atom stereocenters. The Morgan fingerprint density at radius 2 is 1.79 bits per heavy atom. The zero-order valence-corrected chi connectivity index (χ0v) is 21.3. The molecule has 1 rings (SSSR count). The molecule has 34 heavy (non-hydrogen) atoms. The molecule has 0 spiro atoms. The van der Waals surface area contributed by atoms with E-state index < -0.39 is 42.2 Å². The number of benzene rings is 1. The average Bonchev–Trinajstić information content (AvgIpc) is 2.75. The summed E-state index contributed by atoms with van der Waals surface area (Å²) in [7, 11) is 0. The third kappa shape index (κ3) is 8.85. The predicted octanol–water partition coefficient (Wildman–Crippen LogP) is 3.17. The van der Waals surface area contributed by atoms with Crippen molar-refractivity contribution < 1.29 is 29.3 Å². The van der Waals surface area contributed by atoms with Crippen LogP contribution in [0.3, 0.4) is 0 Å². The van der Waals surface area contributed by atoms with Crippen molar-refractivity contribution in [3.63, 3.8) is 0 Å². The molecule has 0 heterocycles. The molecule has 9 nitrogen and oxygen atoms in total. The highest BCUT2D eigenvalue weighted by molar-refractivity contribution is 5.92. The van der Waals surface area contributed by atoms with Crippen LogP contribution in [0.15, 0.2) is 18.2 Å². The summed E-state index contributed by atoms with van der Waals surface area (Å²) in [5.41, 5.74) is 0.0596. The van der Waals surface area contributed by atoms with Crippen LogP contribution in [0.25, 0.3) is 0 Å². The highest BCUT2D eigenvalue weighted by atomic mass is 16.6. The molecule has 192 valence electrons. The van der Waals surface area contributed by atoms with Gasteiger partial charge in [-0.1, -0.05) is 44.9 Å². The molecule has 0 saturated heterocycles. The number of hydrogen-bond acceptors (Lipinski definition) is 6. The third-order valence-electron chi connectivity index (χ3n) is 5.12. The smallest absolute Gasteiger partial charge is 0.408 e. The highest BCUT2D eigenvalue weighted by Gasteiger charge is 2.37. The number of rotatable bonds is 12. The summed E-state index contributed by atoms with van der Waals surface area (Å²) in [6.07, 6.45) is 2.39. The van der Waals surface area contributed by atoms with E-state index in [0.717, 1.165) is 19.3 Å². The van der Waals surface area contributed by atoms with Crippen molar-refractivity contribution in [1.29, 1.82) is 0 Å². The summed E-state index contributed by atoms with van der Waals surface area (Å²) >= 11 is 0. The summed E-state index contributed by atoms with van der Waals surface area (Å²) in [5, 5.41) is 25.9. The quantitative estimate of drug-likeness (QED) is 0.341. The number of ether oxygens (including phenoxy) is 1. The second-order valence-corrected chi connectivity index (χ2v) is 9.33. The standard InChI is InChI=1S/C25H41N3O6/c1-7-9-10-14-26-22(31)20(18-13-11-12-17(3)21(18)30)28(15-8-2)23(32)19(16-29)27-24(33)34-25(4,5)6/h11-13,19-20,29-30H,7-10,14-16H2,1-6H3,(H,26,31)(H,27,33). The van der Waals surface area contributed by atoms with Gasteiger partial charge in [-0.25, -0.2) is 4.79 Å². The van der Waals surface area contributed by atoms with Crippen LogP contribution in [0.5, 0.6) is 5.75 Å². The summed E-state index contributed by atoms with van der Waals surface area (Å²) in [6.45, 7) is 10.6. The molecule has 1 aromatic rings. The van der Waals surface area contributed by atoms with Crippen molar-refractivity contribution >= 4 is 17.9 Å². The van der Waals surface area contributed by atoms with Crippen molar-refractivity contribution in [2.24, 2.45) is 0 Å². The van der Waals surface area contributed by atoms with E-state index in [1.807, 2.05) is 6.92 Å². The Morgan fingerprint density at radius 1 is 1.12 bits per heavy atom. The lowest BCUT2D eigenvalue weighted by Crippen LogP contribution is -2.54. The number of carbonyl (C=O) groups is 3. The van der Waals surface area contributed by atoms with Gasteiger partial charge in [-0.05, 0) is 46.1 Å². The molecule has 1 aromatic carbocycles. The molecule has 0 radical (unpaired) electrons. The van der Waals surface area contributed by atoms with Gasteiger partial charge in [-0.2, -0.15) is 0 Å². The average molecular weight is 480 g/mol. The molecular weight excluding hydrogens is 438 g/mol. The molecule has 0 aliphatic heterocycles. The summed E-state index contributed by atoms with van der Waals surface area (Å²) in [6, 6.07) is 2.57. The SMILES string of the molecule is CCCCCNC(=O)C(c1cccc(C)c1O)N(CCC)C(=O)C(CO)NC(=O)OC(C)(C)C. The minimum absolute atomic E-state index is 0.0780. The fourth-order valence-electron chi connectivity index (χ4n) is 3.48. The fraction of sp³-hybridized carbons (Fsp3) is 0.640. The molecular formula is C25H41N3O6. The van der Waals surface area contributed by atoms with Crippen LogP contribution in [0, 0.1) is 6.92 Å². The first-order chi connectivity index (χ1) is 16.0. The van der Waals surface area contributed by atoms with Gasteiger partial charge in [0.2, 0.25) is 11.8 Å². The Bertz CT molecular complexity index is 821. The van der Waals surface area contributed by atoms with Gasteiger partial charge in [0.05, 0.1) is 6.61 Å². The Kier molecular flexibility index (Phi) is 11.9. The summed E-state index contributed by atoms with van der Waals surface area (Å²) < 4.78 is 5.21. The van der Waals surface area contributed by atoms with Crippen molar-refractivity contribution in [3.8, 4) is 5.75 Å². The minimum atomic E-state index is -1.32. The number of aliphatic hydroxyl groups excluding tert-OH is 1. The number of para-hydroxylation sites is 1. The first-order valence-electron chi connectivity index (χ1n) is 11.9. The van der Waals surface area contributed by atoms with Crippen LogP contribution in [0.1, 0.15) is 77.5 Å². The summed E-state index contributed by atoms with van der Waals surface area (Å²) in [5.74, 6) is -1.16. The number of carbonyl (C=O) groups excluding carboxylic acids is 3. The first kappa shape index (κ1) is 29.2. The number of amides is 3. The molecule has 9 heteroatoms. The van der Waals surface area contributed by atoms with Gasteiger partial charge in [-0.15, -0.1) is 0 Å². The van der Waals surface area contributed by atoms with Gasteiger partial charge in [0.15, 0.2) is 0 Å². The number of nitrogens with zero attached hydrogens (tertiary/aromatic N) is 1. The molecule has 0 fully saturated rings. The van der Waals surface area contributed by atoms with E-state index in [-0.39, 0.29) is 17.9 Å². The lowest BCUT2D eigenvalue weighted by Gasteiger charge is -2.34. The van der Waals surface area contributed by atoms with Gasteiger partial charge < -0.3 is 30.5 Å². The third-order valence-corrected chi connectivity index (χ3v) is 5.12. The molecule has 0 aliphatic rings. The number of unbranched alkanes of at least 4 members (excludes halogenated alkanes) is 2. The van der Waals surface area contributed by atoms with Crippen molar-refractivity contribution in [1.82, 2.24) is 15.5 Å². The Morgan fingerprint density at radius 3 is 2.35 bits per heavy atom. The number of aromatic hydroxyl groups is 1. The largest absolute Gasteiger partial charge is 0.507 e. The van der Waals surface area contributed by atoms with Crippen molar-refractivity contribution in [3.05, 3.63) is 29.3 Å². The zero-order chi connectivity index (χ0) is 25.9. The second-order valence-electron chi connectivity index (χ2n) is 9.33. The topological polar surface area (TPSA) is 128 Å². The molecule has 0 bridgehead atoms. The van der Waals surface area contributed by atoms with Crippen LogP contribution in [0.2, 0.25) is 0 Å². The monoisotopic (exact) mass is 479 g/mol. The predicted molar refractivity (Wildman–Crippen MR) is 130 cm³/mol. The van der Waals surface area contributed by atoms with Crippen molar-refractivity contribution in [2.75, 3.05) is 19.7 Å². The van der Waals surface area contributed by atoms with E-state index in [1.165, 1.54) is 4.90 Å². The van der Waals surface area contributed by atoms with Crippen LogP contribution in [-0.2, 0) is 14.3 Å². The molecule has 3 amide bonds. The van der Waals surface area contributed by atoms with E-state index in [9.17, 15) is 24.6 Å². The number of phenols is 1. The number of nitrogens with one attached hydrogen (secondary N) is 2. The maximum absolute atomic E-state index is 13.5. The lowest BCUT2D eigenvalue weighted by atomic mass is 9.99. The van der Waals surface area contributed by atoms with Gasteiger partial charge in [0, 0.05) is 18.7 Å². The van der Waals surface area contributed by atoms with Gasteiger partial charge >= 0.3 is 6.09 Å². The molecule has 0 aromatic heterocycles. The minimum Gasteiger partial charge on any atom is -0.507 e. The maximum Gasteiger partial charge on any atom is 0.408 e. The van der Waals surface area contributed by atoms with Gasteiger partial charge in [0.25, 0.3) is 0 Å². The number of hydrogen-bond donors (Lipinski definition) is 4. The van der Waals surface area contributed by atoms with Crippen LogP contribution >= 0.6 is 0 Å². The van der Waals surface area contributed by atoms with Gasteiger partial charge in [0.1, 0.15) is 23.4 Å². The maximum atomic E-state index is 13.5. The van der Waals surface area contributed by atoms with E-state index in [0.29, 0.717) is 18.5 Å².